The smallest absolute Gasteiger partial charge is 0.146 e. The second-order valence-corrected chi connectivity index (χ2v) is 3.95. The first kappa shape index (κ1) is 8.02. The molecule has 1 heterocycles. The molecule has 0 aliphatic carbocycles. The summed E-state index contributed by atoms with van der Waals surface area (Å²) >= 11 is 7.27. The van der Waals surface area contributed by atoms with Crippen LogP contribution in [0.4, 0.5) is 4.39 Å². The van der Waals surface area contributed by atoms with Gasteiger partial charge in [0, 0.05) is 0 Å². The molecule has 0 nitrogen and oxygen atoms in total. The van der Waals surface area contributed by atoms with Crippen molar-refractivity contribution in [3.63, 3.8) is 0 Å². The van der Waals surface area contributed by atoms with Gasteiger partial charge in [-0.2, -0.15) is 0 Å². The van der Waals surface area contributed by atoms with E-state index in [1.165, 1.54) is 11.3 Å². The number of aryl methyl sites for hydroxylation is 1. The molecular formula is C9H6ClFS. The maximum atomic E-state index is 13.2. The van der Waals surface area contributed by atoms with Crippen LogP contribution in [-0.4, -0.2) is 0 Å². The van der Waals surface area contributed by atoms with Gasteiger partial charge < -0.3 is 0 Å². The Balaban J connectivity index is 2.94. The molecule has 2 aromatic rings. The molecule has 0 N–H and O–H groups in total. The molecule has 0 unspecified atom stereocenters. The summed E-state index contributed by atoms with van der Waals surface area (Å²) in [6.07, 6.45) is 0. The first-order valence-electron chi connectivity index (χ1n) is 3.52. The third kappa shape index (κ3) is 1.03. The molecule has 1 aromatic heterocycles. The monoisotopic (exact) mass is 200 g/mol. The minimum Gasteiger partial charge on any atom is -0.205 e. The van der Waals surface area contributed by atoms with Crippen LogP contribution in [0.15, 0.2) is 17.5 Å². The van der Waals surface area contributed by atoms with Gasteiger partial charge in [-0.05, 0) is 35.4 Å². The van der Waals surface area contributed by atoms with Crippen molar-refractivity contribution in [3.8, 4) is 0 Å². The van der Waals surface area contributed by atoms with Gasteiger partial charge in [0.05, 0.1) is 9.72 Å². The largest absolute Gasteiger partial charge is 0.205 e. The van der Waals surface area contributed by atoms with Gasteiger partial charge >= 0.3 is 0 Å². The van der Waals surface area contributed by atoms with Crippen LogP contribution >= 0.6 is 22.9 Å². The summed E-state index contributed by atoms with van der Waals surface area (Å²) in [7, 11) is 0. The zero-order valence-corrected chi connectivity index (χ0v) is 7.97. The fourth-order valence-electron chi connectivity index (χ4n) is 1.18. The number of benzene rings is 1. The molecule has 0 atom stereocenters. The minimum absolute atomic E-state index is 0.250. The van der Waals surface area contributed by atoms with Gasteiger partial charge in [0.2, 0.25) is 0 Å². The maximum Gasteiger partial charge on any atom is 0.146 e. The number of halogens is 2. The molecule has 0 fully saturated rings. The summed E-state index contributed by atoms with van der Waals surface area (Å²) in [6.45, 7) is 1.72. The van der Waals surface area contributed by atoms with Crippen LogP contribution < -0.4 is 0 Å². The van der Waals surface area contributed by atoms with E-state index in [2.05, 4.69) is 0 Å². The summed E-state index contributed by atoms with van der Waals surface area (Å²) in [5, 5.41) is 3.18. The summed E-state index contributed by atoms with van der Waals surface area (Å²) in [4.78, 5) is 0. The van der Waals surface area contributed by atoms with Crippen LogP contribution in [0.25, 0.3) is 10.1 Å². The van der Waals surface area contributed by atoms with Crippen LogP contribution in [0.1, 0.15) is 5.56 Å². The lowest BCUT2D eigenvalue weighted by atomic mass is 10.2. The highest BCUT2D eigenvalue weighted by molar-refractivity contribution is 7.17. The summed E-state index contributed by atoms with van der Waals surface area (Å²) in [5.74, 6) is -0.299. The highest BCUT2D eigenvalue weighted by Crippen LogP contribution is 2.32. The molecule has 0 aliphatic heterocycles. The predicted molar refractivity (Wildman–Crippen MR) is 51.5 cm³/mol. The highest BCUT2D eigenvalue weighted by Gasteiger charge is 2.09. The maximum absolute atomic E-state index is 13.2. The van der Waals surface area contributed by atoms with Crippen LogP contribution in [0, 0.1) is 12.7 Å². The van der Waals surface area contributed by atoms with E-state index in [9.17, 15) is 4.39 Å². The summed E-state index contributed by atoms with van der Waals surface area (Å²) < 4.78 is 14.0. The number of rotatable bonds is 0. The molecule has 1 aromatic carbocycles. The Bertz CT molecular complexity index is 433. The Hall–Kier alpha value is -0.600. The first-order valence-corrected chi connectivity index (χ1v) is 4.77. The van der Waals surface area contributed by atoms with Crippen molar-refractivity contribution >= 4 is 33.0 Å². The fraction of sp³-hybridized carbons (Fsp3) is 0.111. The van der Waals surface area contributed by atoms with Crippen LogP contribution in [0.3, 0.4) is 0 Å². The molecule has 0 spiro atoms. The molecule has 0 saturated carbocycles. The van der Waals surface area contributed by atoms with Gasteiger partial charge in [-0.25, -0.2) is 4.39 Å². The van der Waals surface area contributed by atoms with Crippen molar-refractivity contribution in [2.24, 2.45) is 0 Å². The van der Waals surface area contributed by atoms with E-state index in [1.807, 2.05) is 17.5 Å². The summed E-state index contributed by atoms with van der Waals surface area (Å²) in [6, 6.07) is 3.76. The zero-order chi connectivity index (χ0) is 8.72. The molecule has 12 heavy (non-hydrogen) atoms. The lowest BCUT2D eigenvalue weighted by Gasteiger charge is -1.99. The number of hydrogen-bond acceptors (Lipinski definition) is 1. The second kappa shape index (κ2) is 2.71. The molecule has 62 valence electrons. The Morgan fingerprint density at radius 2 is 2.25 bits per heavy atom. The van der Waals surface area contributed by atoms with E-state index >= 15 is 0 Å². The molecule has 0 bridgehead atoms. The van der Waals surface area contributed by atoms with E-state index in [0.29, 0.717) is 5.56 Å². The van der Waals surface area contributed by atoms with E-state index in [-0.39, 0.29) is 10.8 Å². The third-order valence-corrected chi connectivity index (χ3v) is 3.22. The van der Waals surface area contributed by atoms with Gasteiger partial charge in [0.1, 0.15) is 5.82 Å². The van der Waals surface area contributed by atoms with Gasteiger partial charge in [-0.15, -0.1) is 11.3 Å². The van der Waals surface area contributed by atoms with E-state index in [0.717, 1.165) is 10.1 Å². The van der Waals surface area contributed by atoms with Gasteiger partial charge in [-0.3, -0.25) is 0 Å². The molecule has 3 heteroatoms. The average Bonchev–Trinajstić information content (AvgIpc) is 2.48. The number of hydrogen-bond donors (Lipinski definition) is 0. The van der Waals surface area contributed by atoms with Crippen LogP contribution in [0.5, 0.6) is 0 Å². The number of thiophene rings is 1. The molecule has 0 saturated heterocycles. The predicted octanol–water partition coefficient (Wildman–Crippen LogP) is 4.00. The summed E-state index contributed by atoms with van der Waals surface area (Å²) in [5.41, 5.74) is 0.603. The minimum atomic E-state index is -0.299. The van der Waals surface area contributed by atoms with Crippen molar-refractivity contribution in [2.75, 3.05) is 0 Å². The van der Waals surface area contributed by atoms with E-state index in [1.54, 1.807) is 6.92 Å². The Morgan fingerprint density at radius 3 is 3.00 bits per heavy atom. The quantitative estimate of drug-likeness (QED) is 0.603. The topological polar surface area (TPSA) is 0 Å². The van der Waals surface area contributed by atoms with E-state index < -0.39 is 0 Å². The van der Waals surface area contributed by atoms with Crippen molar-refractivity contribution in [1.29, 1.82) is 0 Å². The fourth-order valence-corrected chi connectivity index (χ4v) is 2.38. The Labute approximate surface area is 78.6 Å². The first-order chi connectivity index (χ1) is 5.70. The van der Waals surface area contributed by atoms with Gasteiger partial charge in [0.25, 0.3) is 0 Å². The average molecular weight is 201 g/mol. The Morgan fingerprint density at radius 1 is 1.50 bits per heavy atom. The highest BCUT2D eigenvalue weighted by atomic mass is 35.5. The van der Waals surface area contributed by atoms with Crippen molar-refractivity contribution in [1.82, 2.24) is 0 Å². The van der Waals surface area contributed by atoms with Crippen molar-refractivity contribution in [3.05, 3.63) is 33.9 Å². The lowest BCUT2D eigenvalue weighted by molar-refractivity contribution is 0.621. The second-order valence-electron chi connectivity index (χ2n) is 2.66. The Kier molecular flexibility index (Phi) is 1.81. The van der Waals surface area contributed by atoms with E-state index in [4.69, 9.17) is 11.6 Å². The van der Waals surface area contributed by atoms with Crippen molar-refractivity contribution in [2.45, 2.75) is 6.92 Å². The molecule has 0 radical (unpaired) electrons. The SMILES string of the molecule is Cc1cc2ccsc2c(Cl)c1F. The molecule has 2 rings (SSSR count). The standard InChI is InChI=1S/C9H6ClFS/c1-5-4-6-2-3-12-9(6)7(10)8(5)11/h2-4H,1H3. The molecular weight excluding hydrogens is 195 g/mol. The third-order valence-electron chi connectivity index (χ3n) is 1.81. The zero-order valence-electron chi connectivity index (χ0n) is 6.40. The van der Waals surface area contributed by atoms with Crippen LogP contribution in [-0.2, 0) is 0 Å². The normalized spacial score (nSPS) is 10.9. The lowest BCUT2D eigenvalue weighted by Crippen LogP contribution is -1.82. The number of fused-ring (bicyclic) bond motifs is 1. The van der Waals surface area contributed by atoms with Crippen LogP contribution in [0.2, 0.25) is 5.02 Å². The van der Waals surface area contributed by atoms with Gasteiger partial charge in [0.15, 0.2) is 0 Å². The van der Waals surface area contributed by atoms with Gasteiger partial charge in [-0.1, -0.05) is 11.6 Å². The molecule has 0 amide bonds. The van der Waals surface area contributed by atoms with Crippen molar-refractivity contribution < 1.29 is 4.39 Å². The molecule has 0 aliphatic rings.